The van der Waals surface area contributed by atoms with Crippen LogP contribution in [0.3, 0.4) is 0 Å². The molecule has 5 heterocycles. The van der Waals surface area contributed by atoms with Crippen molar-refractivity contribution in [3.63, 3.8) is 0 Å². The second-order valence-corrected chi connectivity index (χ2v) is 28.1. The zero-order valence-corrected chi connectivity index (χ0v) is 40.0. The van der Waals surface area contributed by atoms with Crippen LogP contribution in [0, 0.1) is 38.8 Å². The third-order valence-electron chi connectivity index (χ3n) is 11.6. The van der Waals surface area contributed by atoms with Gasteiger partial charge >= 0.3 is 163 Å². The molecule has 0 atom stereocenters. The van der Waals surface area contributed by atoms with Crippen molar-refractivity contribution in [2.75, 3.05) is 0 Å². The van der Waals surface area contributed by atoms with Gasteiger partial charge in [-0.3, -0.25) is 9.97 Å². The van der Waals surface area contributed by atoms with E-state index in [1.165, 1.54) is 43.2 Å². The van der Waals surface area contributed by atoms with E-state index in [1.54, 1.807) is 4.40 Å². The third-order valence-corrected chi connectivity index (χ3v) is 16.0. The number of furan rings is 1. The fourth-order valence-electron chi connectivity index (χ4n) is 8.77. The molecule has 301 valence electrons. The number of fused-ring (bicyclic) bond motifs is 6. The first-order valence-corrected chi connectivity index (χ1v) is 28.2. The fourth-order valence-corrected chi connectivity index (χ4v) is 12.1. The third kappa shape index (κ3) is 8.33. The van der Waals surface area contributed by atoms with Crippen LogP contribution in [0.1, 0.15) is 86.9 Å². The summed E-state index contributed by atoms with van der Waals surface area (Å²) in [5.41, 5.74) is 13.6. The minimum Gasteiger partial charge on any atom is -0.486 e. The molecule has 9 rings (SSSR count). The van der Waals surface area contributed by atoms with E-state index in [1.807, 2.05) is 32.0 Å². The average Bonchev–Trinajstić information content (AvgIpc) is 3.77. The van der Waals surface area contributed by atoms with Crippen molar-refractivity contribution in [1.29, 1.82) is 0 Å². The Morgan fingerprint density at radius 1 is 0.828 bits per heavy atom. The van der Waals surface area contributed by atoms with Gasteiger partial charge in [0.05, 0.1) is 28.0 Å². The van der Waals surface area contributed by atoms with E-state index in [9.17, 15) is 0 Å². The molecule has 58 heavy (non-hydrogen) atoms. The van der Waals surface area contributed by atoms with Crippen molar-refractivity contribution in [1.82, 2.24) is 24.5 Å². The van der Waals surface area contributed by atoms with Gasteiger partial charge in [-0.05, 0) is 57.2 Å². The molecule has 0 saturated heterocycles. The Morgan fingerprint density at radius 3 is 2.24 bits per heavy atom. The molecule has 0 bridgehead atoms. The normalized spacial score (nSPS) is 13.7. The van der Waals surface area contributed by atoms with Crippen LogP contribution in [0.5, 0.6) is 0 Å². The van der Waals surface area contributed by atoms with E-state index in [4.69, 9.17) is 19.4 Å². The van der Waals surface area contributed by atoms with Gasteiger partial charge in [0.1, 0.15) is 0 Å². The molecule has 8 heteroatoms. The van der Waals surface area contributed by atoms with Crippen LogP contribution in [-0.2, 0) is 33.1 Å². The van der Waals surface area contributed by atoms with Crippen LogP contribution < -0.4 is 4.40 Å². The van der Waals surface area contributed by atoms with Gasteiger partial charge < -0.3 is 8.98 Å². The minimum absolute atomic E-state index is 0. The monoisotopic (exact) mass is 1010 g/mol. The Morgan fingerprint density at radius 2 is 1.55 bits per heavy atom. The number of benzene rings is 3. The summed E-state index contributed by atoms with van der Waals surface area (Å²) in [6.07, 6.45) is 10.2. The topological polar surface area (TPSA) is 69.6 Å². The van der Waals surface area contributed by atoms with Gasteiger partial charge in [0.25, 0.3) is 0 Å². The second kappa shape index (κ2) is 17.2. The summed E-state index contributed by atoms with van der Waals surface area (Å²) in [6.45, 7) is 13.6. The molecule has 0 spiro atoms. The summed E-state index contributed by atoms with van der Waals surface area (Å²) < 4.78 is 10.1. The van der Waals surface area contributed by atoms with Crippen molar-refractivity contribution >= 4 is 61.7 Å². The molecule has 1 radical (unpaired) electrons. The van der Waals surface area contributed by atoms with E-state index in [0.29, 0.717) is 11.6 Å². The Hall–Kier alpha value is -4.17. The smallest absolute Gasteiger partial charge is 0.216 e. The Kier molecular flexibility index (Phi) is 12.4. The zero-order valence-electron chi connectivity index (χ0n) is 35.5. The van der Waals surface area contributed by atoms with Crippen molar-refractivity contribution in [2.45, 2.75) is 110 Å². The molecule has 6 nitrogen and oxygen atoms in total. The number of aryl methyl sites for hydroxylation is 4. The number of rotatable bonds is 7. The van der Waals surface area contributed by atoms with Gasteiger partial charge in [0.15, 0.2) is 0 Å². The van der Waals surface area contributed by atoms with Crippen LogP contribution in [0.25, 0.3) is 66.7 Å². The molecule has 0 aliphatic heterocycles. The van der Waals surface area contributed by atoms with Crippen molar-refractivity contribution < 1.29 is 24.5 Å². The molecule has 5 aromatic heterocycles. The zero-order chi connectivity index (χ0) is 40.0. The molecule has 8 aromatic rings. The maximum absolute atomic E-state index is 6.29. The van der Waals surface area contributed by atoms with E-state index in [0.717, 1.165) is 96.8 Å². The summed E-state index contributed by atoms with van der Waals surface area (Å²) in [7, 11) is 0. The van der Waals surface area contributed by atoms with Crippen LogP contribution >= 0.6 is 0 Å². The van der Waals surface area contributed by atoms with Crippen molar-refractivity contribution in [3.8, 4) is 22.6 Å². The molecular weight excluding hydrogens is 951 g/mol. The molecule has 1 saturated carbocycles. The molecular formula is C50H55GeIrN5O-2. The predicted octanol–water partition coefficient (Wildman–Crippen LogP) is 12.6. The van der Waals surface area contributed by atoms with Crippen molar-refractivity contribution in [3.05, 3.63) is 113 Å². The van der Waals surface area contributed by atoms with Crippen molar-refractivity contribution in [2.24, 2.45) is 5.92 Å². The predicted molar refractivity (Wildman–Crippen MR) is 240 cm³/mol. The first-order chi connectivity index (χ1) is 27.4. The maximum Gasteiger partial charge on any atom is 0.216 e. The molecule has 0 amide bonds. The molecule has 0 unspecified atom stereocenters. The first kappa shape index (κ1) is 42.0. The number of hydrogen-bond donors (Lipinski definition) is 0. The summed E-state index contributed by atoms with van der Waals surface area (Å²) in [4.78, 5) is 19.2. The number of pyridine rings is 3. The van der Waals surface area contributed by atoms with Gasteiger partial charge in [0.2, 0.25) is 5.71 Å². The SMILES string of the molecule is CC(C)Cc1cc(-c2[c-]cc(C3CCCCC3)cc2)nc[c]1[Ge]([CH3])([CH3])[CH3].CCn1c(-c2[c-]cc(C)c3c2oc2nc(C)ccc23)nc2ccc3nc(C)ccc3c21.[Ir]. The van der Waals surface area contributed by atoms with Crippen LogP contribution in [0.4, 0.5) is 0 Å². The first-order valence-electron chi connectivity index (χ1n) is 20.9. The Balaban J connectivity index is 0.000000177. The van der Waals surface area contributed by atoms with E-state index in [2.05, 4.69) is 121 Å². The van der Waals surface area contributed by atoms with Gasteiger partial charge in [-0.25, -0.2) is 4.98 Å². The molecule has 3 aromatic carbocycles. The number of hydrogen-bond acceptors (Lipinski definition) is 5. The summed E-state index contributed by atoms with van der Waals surface area (Å²) in [5, 5.41) is 3.21. The van der Waals surface area contributed by atoms with Crippen LogP contribution in [0.15, 0.2) is 77.3 Å². The standard InChI is InChI=1S/C26H21N4O.C24H34GeN.Ir/c1-5-30-23-17-10-7-15(3)27-20(17)12-13-21(23)29-25(30)19-9-6-14(2)22-18-11-8-16(4)28-26(18)31-24(19)22;1-18(2)15-22-16-24(26-17-23(22)25(3,4)5)21-13-11-20(12-14-21)19-9-7-6-8-10-19;/h6-8,10-13H,5H2,1-4H3;11-13,16-19H,6-10,15H2,1-5H3;/q2*-1;. The molecule has 0 N–H and O–H groups in total. The van der Waals surface area contributed by atoms with E-state index < -0.39 is 13.3 Å². The summed E-state index contributed by atoms with van der Waals surface area (Å²) in [5.74, 6) is 9.66. The Bertz CT molecular complexity index is 2740. The van der Waals surface area contributed by atoms with Crippen LogP contribution in [0.2, 0.25) is 17.3 Å². The number of imidazole rings is 1. The number of nitrogens with zero attached hydrogens (tertiary/aromatic N) is 5. The molecule has 1 fully saturated rings. The summed E-state index contributed by atoms with van der Waals surface area (Å²) in [6, 6.07) is 30.5. The largest absolute Gasteiger partial charge is 0.486 e. The molecule has 1 aliphatic rings. The second-order valence-electron chi connectivity index (χ2n) is 17.5. The quantitative estimate of drug-likeness (QED) is 0.118. The maximum atomic E-state index is 6.29. The van der Waals surface area contributed by atoms with Gasteiger partial charge in [0, 0.05) is 48.8 Å². The van der Waals surface area contributed by atoms with E-state index in [-0.39, 0.29) is 20.1 Å². The van der Waals surface area contributed by atoms with Crippen LogP contribution in [-0.4, -0.2) is 37.8 Å². The summed E-state index contributed by atoms with van der Waals surface area (Å²) >= 11 is -1.90. The number of aromatic nitrogens is 5. The fraction of sp³-hybridized carbons (Fsp3) is 0.360. The average molecular weight is 1010 g/mol. The van der Waals surface area contributed by atoms with E-state index >= 15 is 0 Å². The van der Waals surface area contributed by atoms with Gasteiger partial charge in [-0.1, -0.05) is 17.9 Å². The Labute approximate surface area is 360 Å². The van der Waals surface area contributed by atoms with Gasteiger partial charge in [-0.2, -0.15) is 0 Å². The molecule has 1 aliphatic carbocycles. The minimum atomic E-state index is -1.90. The van der Waals surface area contributed by atoms with Gasteiger partial charge in [-0.15, -0.1) is 17.7 Å².